The van der Waals surface area contributed by atoms with Gasteiger partial charge < -0.3 is 19.9 Å². The third kappa shape index (κ3) is 5.56. The maximum atomic E-state index is 10.9. The number of ether oxygens (including phenoxy) is 2. The van der Waals surface area contributed by atoms with E-state index in [4.69, 9.17) is 37.8 Å². The predicted octanol–water partition coefficient (Wildman–Crippen LogP) is 5.89. The molecule has 0 bridgehead atoms. The third-order valence-corrected chi connectivity index (χ3v) is 4.97. The van der Waals surface area contributed by atoms with Gasteiger partial charge in [-0.3, -0.25) is 0 Å². The van der Waals surface area contributed by atoms with Gasteiger partial charge in [-0.25, -0.2) is 4.79 Å². The first-order valence-corrected chi connectivity index (χ1v) is 9.52. The standard InChI is InChI=1S/C22H19Cl2NO4/c1-28-21-11-14(12-25-17-6-4-16(5-7-17)22(26)27)3-9-20(21)29-13-15-2-8-18(23)19(24)10-15/h2-11,25H,12-13H2,1H3,(H,26,27). The van der Waals surface area contributed by atoms with Gasteiger partial charge in [-0.1, -0.05) is 35.3 Å². The van der Waals surface area contributed by atoms with Crippen LogP contribution in [-0.4, -0.2) is 18.2 Å². The first-order valence-electron chi connectivity index (χ1n) is 8.77. The topological polar surface area (TPSA) is 67.8 Å². The van der Waals surface area contributed by atoms with Gasteiger partial charge in [-0.05, 0) is 59.7 Å². The Bertz CT molecular complexity index is 1010. The second-order valence-corrected chi connectivity index (χ2v) is 7.07. The van der Waals surface area contributed by atoms with Crippen molar-refractivity contribution >= 4 is 34.9 Å². The van der Waals surface area contributed by atoms with Crippen molar-refractivity contribution in [3.8, 4) is 11.5 Å². The Morgan fingerprint density at radius 1 is 0.931 bits per heavy atom. The molecule has 0 aliphatic carbocycles. The van der Waals surface area contributed by atoms with Crippen LogP contribution in [0.4, 0.5) is 5.69 Å². The summed E-state index contributed by atoms with van der Waals surface area (Å²) in [5.74, 6) is 0.288. The van der Waals surface area contributed by atoms with E-state index in [1.807, 2.05) is 24.3 Å². The SMILES string of the molecule is COc1cc(CNc2ccc(C(=O)O)cc2)ccc1OCc1ccc(Cl)c(Cl)c1. The number of nitrogens with one attached hydrogen (secondary N) is 1. The molecule has 29 heavy (non-hydrogen) atoms. The smallest absolute Gasteiger partial charge is 0.335 e. The molecule has 0 radical (unpaired) electrons. The molecule has 0 spiro atoms. The first-order chi connectivity index (χ1) is 14.0. The molecule has 3 aromatic rings. The highest BCUT2D eigenvalue weighted by molar-refractivity contribution is 6.42. The van der Waals surface area contributed by atoms with Crippen LogP contribution in [-0.2, 0) is 13.2 Å². The zero-order chi connectivity index (χ0) is 20.8. The van der Waals surface area contributed by atoms with E-state index in [2.05, 4.69) is 5.32 Å². The summed E-state index contributed by atoms with van der Waals surface area (Å²) in [6.07, 6.45) is 0. The average Bonchev–Trinajstić information content (AvgIpc) is 2.73. The summed E-state index contributed by atoms with van der Waals surface area (Å²) < 4.78 is 11.3. The quantitative estimate of drug-likeness (QED) is 0.465. The number of hydrogen-bond donors (Lipinski definition) is 2. The summed E-state index contributed by atoms with van der Waals surface area (Å²) in [6.45, 7) is 0.886. The molecular weight excluding hydrogens is 413 g/mol. The van der Waals surface area contributed by atoms with E-state index in [0.29, 0.717) is 34.7 Å². The van der Waals surface area contributed by atoms with Crippen molar-refractivity contribution in [2.75, 3.05) is 12.4 Å². The molecule has 7 heteroatoms. The van der Waals surface area contributed by atoms with Crippen LogP contribution in [0.25, 0.3) is 0 Å². The van der Waals surface area contributed by atoms with Crippen molar-refractivity contribution < 1.29 is 19.4 Å². The number of rotatable bonds is 8. The largest absolute Gasteiger partial charge is 0.493 e. The molecule has 150 valence electrons. The lowest BCUT2D eigenvalue weighted by molar-refractivity contribution is 0.0697. The van der Waals surface area contributed by atoms with E-state index in [-0.39, 0.29) is 5.56 Å². The van der Waals surface area contributed by atoms with E-state index in [1.165, 1.54) is 0 Å². The van der Waals surface area contributed by atoms with Gasteiger partial charge in [-0.15, -0.1) is 0 Å². The van der Waals surface area contributed by atoms with E-state index in [0.717, 1.165) is 16.8 Å². The Labute approximate surface area is 178 Å². The number of hydrogen-bond acceptors (Lipinski definition) is 4. The number of aromatic carboxylic acids is 1. The number of carboxylic acid groups (broad SMARTS) is 1. The number of carbonyl (C=O) groups is 1. The van der Waals surface area contributed by atoms with Gasteiger partial charge in [0.25, 0.3) is 0 Å². The molecule has 0 amide bonds. The zero-order valence-electron chi connectivity index (χ0n) is 15.6. The Hall–Kier alpha value is -2.89. The summed E-state index contributed by atoms with van der Waals surface area (Å²) >= 11 is 12.0. The van der Waals surface area contributed by atoms with Gasteiger partial charge in [-0.2, -0.15) is 0 Å². The molecule has 0 atom stereocenters. The van der Waals surface area contributed by atoms with Crippen molar-refractivity contribution in [2.45, 2.75) is 13.2 Å². The fraction of sp³-hybridized carbons (Fsp3) is 0.136. The van der Waals surface area contributed by atoms with Crippen LogP contribution in [0.5, 0.6) is 11.5 Å². The molecule has 0 heterocycles. The van der Waals surface area contributed by atoms with Crippen molar-refractivity contribution in [3.63, 3.8) is 0 Å². The molecule has 0 aromatic heterocycles. The average molecular weight is 432 g/mol. The number of methoxy groups -OCH3 is 1. The Balaban J connectivity index is 1.63. The maximum Gasteiger partial charge on any atom is 0.335 e. The Kier molecular flexibility index (Phi) is 6.86. The summed E-state index contributed by atoms with van der Waals surface area (Å²) in [6, 6.07) is 17.6. The van der Waals surface area contributed by atoms with Gasteiger partial charge in [0.05, 0.1) is 22.7 Å². The molecule has 0 saturated carbocycles. The van der Waals surface area contributed by atoms with Crippen molar-refractivity contribution in [2.24, 2.45) is 0 Å². The maximum absolute atomic E-state index is 10.9. The minimum absolute atomic E-state index is 0.251. The fourth-order valence-corrected chi connectivity index (χ4v) is 2.99. The number of benzene rings is 3. The van der Waals surface area contributed by atoms with Crippen LogP contribution >= 0.6 is 23.2 Å². The highest BCUT2D eigenvalue weighted by Gasteiger charge is 2.08. The van der Waals surface area contributed by atoms with Gasteiger partial charge in [0.2, 0.25) is 0 Å². The lowest BCUT2D eigenvalue weighted by Crippen LogP contribution is -2.02. The number of halogens is 2. The molecule has 0 aliphatic heterocycles. The molecule has 3 rings (SSSR count). The fourth-order valence-electron chi connectivity index (χ4n) is 2.67. The number of carboxylic acids is 1. The molecular formula is C22H19Cl2NO4. The minimum atomic E-state index is -0.947. The summed E-state index contributed by atoms with van der Waals surface area (Å²) in [5.41, 5.74) is 2.97. The van der Waals surface area contributed by atoms with Gasteiger partial charge >= 0.3 is 5.97 Å². The highest BCUT2D eigenvalue weighted by atomic mass is 35.5. The summed E-state index contributed by atoms with van der Waals surface area (Å²) in [4.78, 5) is 10.9. The van der Waals surface area contributed by atoms with Crippen LogP contribution in [0.1, 0.15) is 21.5 Å². The first kappa shape index (κ1) is 20.8. The minimum Gasteiger partial charge on any atom is -0.493 e. The van der Waals surface area contributed by atoms with Gasteiger partial charge in [0.15, 0.2) is 11.5 Å². The second-order valence-electron chi connectivity index (χ2n) is 6.26. The lowest BCUT2D eigenvalue weighted by atomic mass is 10.1. The van der Waals surface area contributed by atoms with Crippen molar-refractivity contribution in [3.05, 3.63) is 87.4 Å². The monoisotopic (exact) mass is 431 g/mol. The zero-order valence-corrected chi connectivity index (χ0v) is 17.1. The molecule has 0 unspecified atom stereocenters. The van der Waals surface area contributed by atoms with Crippen LogP contribution in [0.15, 0.2) is 60.7 Å². The van der Waals surface area contributed by atoms with E-state index in [1.54, 1.807) is 43.5 Å². The van der Waals surface area contributed by atoms with Crippen LogP contribution < -0.4 is 14.8 Å². The Morgan fingerprint density at radius 2 is 1.66 bits per heavy atom. The molecule has 3 aromatic carbocycles. The molecule has 0 aliphatic rings. The van der Waals surface area contributed by atoms with Gasteiger partial charge in [0, 0.05) is 12.2 Å². The predicted molar refractivity (Wildman–Crippen MR) is 115 cm³/mol. The highest BCUT2D eigenvalue weighted by Crippen LogP contribution is 2.30. The van der Waals surface area contributed by atoms with Crippen LogP contribution in [0.3, 0.4) is 0 Å². The third-order valence-electron chi connectivity index (χ3n) is 4.23. The summed E-state index contributed by atoms with van der Waals surface area (Å²) in [5, 5.41) is 13.2. The van der Waals surface area contributed by atoms with E-state index < -0.39 is 5.97 Å². The molecule has 5 nitrogen and oxygen atoms in total. The van der Waals surface area contributed by atoms with E-state index >= 15 is 0 Å². The summed E-state index contributed by atoms with van der Waals surface area (Å²) in [7, 11) is 1.59. The molecule has 0 fully saturated rings. The van der Waals surface area contributed by atoms with Crippen LogP contribution in [0.2, 0.25) is 10.0 Å². The van der Waals surface area contributed by atoms with Gasteiger partial charge in [0.1, 0.15) is 6.61 Å². The van der Waals surface area contributed by atoms with Crippen molar-refractivity contribution in [1.82, 2.24) is 0 Å². The number of anilines is 1. The van der Waals surface area contributed by atoms with Crippen LogP contribution in [0, 0.1) is 0 Å². The second kappa shape index (κ2) is 9.54. The molecule has 0 saturated heterocycles. The Morgan fingerprint density at radius 3 is 2.31 bits per heavy atom. The molecule has 2 N–H and O–H groups in total. The normalized spacial score (nSPS) is 10.4. The lowest BCUT2D eigenvalue weighted by Gasteiger charge is -2.13. The van der Waals surface area contributed by atoms with Crippen molar-refractivity contribution in [1.29, 1.82) is 0 Å². The van der Waals surface area contributed by atoms with E-state index in [9.17, 15) is 4.79 Å².